The summed E-state index contributed by atoms with van der Waals surface area (Å²) in [5, 5.41) is 2.72. The fourth-order valence-corrected chi connectivity index (χ4v) is 0.698. The van der Waals surface area contributed by atoms with E-state index in [1.165, 1.54) is 6.08 Å². The largest absolute Gasteiger partial charge is 0.381 e. The molecule has 0 aliphatic rings. The highest BCUT2D eigenvalue weighted by atomic mass is 16.5. The highest BCUT2D eigenvalue weighted by Gasteiger charge is 1.92. The summed E-state index contributed by atoms with van der Waals surface area (Å²) in [5.74, 6) is -0.0490. The second kappa shape index (κ2) is 8.27. The van der Waals surface area contributed by atoms with Crippen molar-refractivity contribution in [2.45, 2.75) is 13.3 Å². The van der Waals surface area contributed by atoms with Gasteiger partial charge in [0.05, 0.1) is 0 Å². The van der Waals surface area contributed by atoms with E-state index in [1.807, 2.05) is 6.92 Å². The van der Waals surface area contributed by atoms with E-state index in [4.69, 9.17) is 4.74 Å². The minimum Gasteiger partial charge on any atom is -0.381 e. The Hall–Kier alpha value is -0.830. The Labute approximate surface area is 73.8 Å². The lowest BCUT2D eigenvalue weighted by molar-refractivity contribution is -0.116. The van der Waals surface area contributed by atoms with Crippen LogP contribution in [0.1, 0.15) is 13.3 Å². The van der Waals surface area contributed by atoms with E-state index < -0.39 is 0 Å². The van der Waals surface area contributed by atoms with Crippen molar-refractivity contribution < 1.29 is 9.53 Å². The second-order valence-electron chi connectivity index (χ2n) is 2.26. The van der Waals surface area contributed by atoms with Crippen LogP contribution in [0.15, 0.2) is 12.2 Å². The van der Waals surface area contributed by atoms with Crippen LogP contribution in [0.2, 0.25) is 0 Å². The summed E-state index contributed by atoms with van der Waals surface area (Å²) < 4.78 is 4.99. The number of carbonyl (C=O) groups is 1. The van der Waals surface area contributed by atoms with Gasteiger partial charge in [0.1, 0.15) is 0 Å². The number of amides is 1. The van der Waals surface area contributed by atoms with Crippen molar-refractivity contribution in [1.82, 2.24) is 5.32 Å². The van der Waals surface area contributed by atoms with E-state index in [9.17, 15) is 4.79 Å². The molecule has 1 amide bonds. The minimum absolute atomic E-state index is 0.0490. The topological polar surface area (TPSA) is 38.3 Å². The average molecular weight is 170 g/mol. The SMILES string of the molecule is [CH2]COCCCNC(=O)C=CC. The molecule has 0 rings (SSSR count). The van der Waals surface area contributed by atoms with Crippen LogP contribution in [0.3, 0.4) is 0 Å². The van der Waals surface area contributed by atoms with Crippen LogP contribution in [0.5, 0.6) is 0 Å². The van der Waals surface area contributed by atoms with Crippen molar-refractivity contribution in [3.8, 4) is 0 Å². The lowest BCUT2D eigenvalue weighted by atomic mass is 10.4. The molecule has 0 aromatic carbocycles. The number of nitrogens with one attached hydrogen (secondary N) is 1. The van der Waals surface area contributed by atoms with E-state index >= 15 is 0 Å². The lowest BCUT2D eigenvalue weighted by Gasteiger charge is -2.01. The molecule has 0 aliphatic carbocycles. The first-order valence-corrected chi connectivity index (χ1v) is 4.08. The van der Waals surface area contributed by atoms with Gasteiger partial charge in [0.15, 0.2) is 0 Å². The van der Waals surface area contributed by atoms with Crippen LogP contribution < -0.4 is 5.32 Å². The highest BCUT2D eigenvalue weighted by molar-refractivity contribution is 5.87. The molecule has 0 aliphatic heterocycles. The van der Waals surface area contributed by atoms with Crippen molar-refractivity contribution in [3.05, 3.63) is 19.1 Å². The number of carbonyl (C=O) groups excluding carboxylic acids is 1. The maximum atomic E-state index is 10.8. The fraction of sp³-hybridized carbons (Fsp3) is 0.556. The Kier molecular flexibility index (Phi) is 7.70. The Balaban J connectivity index is 3.14. The molecule has 0 aromatic rings. The zero-order chi connectivity index (χ0) is 9.23. The number of allylic oxidation sites excluding steroid dienone is 1. The molecule has 0 bridgehead atoms. The van der Waals surface area contributed by atoms with Gasteiger partial charge in [0, 0.05) is 19.8 Å². The van der Waals surface area contributed by atoms with Crippen molar-refractivity contribution in [1.29, 1.82) is 0 Å². The van der Waals surface area contributed by atoms with Gasteiger partial charge in [-0.05, 0) is 26.3 Å². The second-order valence-corrected chi connectivity index (χ2v) is 2.26. The highest BCUT2D eigenvalue weighted by Crippen LogP contribution is 1.80. The third kappa shape index (κ3) is 7.28. The fourth-order valence-electron chi connectivity index (χ4n) is 0.698. The predicted octanol–water partition coefficient (Wildman–Crippen LogP) is 0.919. The monoisotopic (exact) mass is 170 g/mol. The number of rotatable bonds is 6. The molecule has 0 atom stereocenters. The molecule has 69 valence electrons. The van der Waals surface area contributed by atoms with Crippen LogP contribution in [-0.4, -0.2) is 25.7 Å². The normalized spacial score (nSPS) is 10.5. The van der Waals surface area contributed by atoms with Crippen molar-refractivity contribution >= 4 is 5.91 Å². The maximum absolute atomic E-state index is 10.8. The molecule has 0 fully saturated rings. The summed E-state index contributed by atoms with van der Waals surface area (Å²) in [5.41, 5.74) is 0. The first-order valence-electron chi connectivity index (χ1n) is 4.08. The third-order valence-corrected chi connectivity index (χ3v) is 1.23. The summed E-state index contributed by atoms with van der Waals surface area (Å²) in [6.07, 6.45) is 4.04. The van der Waals surface area contributed by atoms with Crippen LogP contribution in [0.25, 0.3) is 0 Å². The molecule has 0 saturated heterocycles. The zero-order valence-electron chi connectivity index (χ0n) is 7.51. The standard InChI is InChI=1S/C9H16NO2/c1-3-6-9(11)10-7-5-8-12-4-2/h3,6H,2,4-5,7-8H2,1H3,(H,10,11). The molecule has 0 aromatic heterocycles. The van der Waals surface area contributed by atoms with Gasteiger partial charge < -0.3 is 10.1 Å². The third-order valence-electron chi connectivity index (χ3n) is 1.23. The van der Waals surface area contributed by atoms with E-state index in [0.717, 1.165) is 6.42 Å². The van der Waals surface area contributed by atoms with Gasteiger partial charge in [-0.25, -0.2) is 0 Å². The predicted molar refractivity (Wildman–Crippen MR) is 48.6 cm³/mol. The molecule has 1 N–H and O–H groups in total. The van der Waals surface area contributed by atoms with E-state index in [1.54, 1.807) is 6.08 Å². The van der Waals surface area contributed by atoms with Gasteiger partial charge in [-0.15, -0.1) is 0 Å². The molecule has 0 saturated carbocycles. The van der Waals surface area contributed by atoms with Crippen molar-refractivity contribution in [2.24, 2.45) is 0 Å². The summed E-state index contributed by atoms with van der Waals surface area (Å²) in [6.45, 7) is 7.14. The van der Waals surface area contributed by atoms with Gasteiger partial charge in [0.2, 0.25) is 5.91 Å². The molecule has 0 spiro atoms. The lowest BCUT2D eigenvalue weighted by Crippen LogP contribution is -2.23. The quantitative estimate of drug-likeness (QED) is 0.475. The van der Waals surface area contributed by atoms with Gasteiger partial charge >= 0.3 is 0 Å². The van der Waals surface area contributed by atoms with Crippen LogP contribution in [0.4, 0.5) is 0 Å². The maximum Gasteiger partial charge on any atom is 0.243 e. The van der Waals surface area contributed by atoms with Gasteiger partial charge in [0.25, 0.3) is 0 Å². The molecule has 1 radical (unpaired) electrons. The summed E-state index contributed by atoms with van der Waals surface area (Å²) >= 11 is 0. The molecule has 0 unspecified atom stereocenters. The zero-order valence-corrected chi connectivity index (χ0v) is 7.51. The smallest absolute Gasteiger partial charge is 0.243 e. The first kappa shape index (κ1) is 11.2. The molecule has 12 heavy (non-hydrogen) atoms. The Morgan fingerprint density at radius 3 is 3.00 bits per heavy atom. The number of ether oxygens (including phenoxy) is 1. The summed E-state index contributed by atoms with van der Waals surface area (Å²) in [7, 11) is 0. The van der Waals surface area contributed by atoms with Crippen molar-refractivity contribution in [2.75, 3.05) is 19.8 Å². The van der Waals surface area contributed by atoms with E-state index in [-0.39, 0.29) is 5.91 Å². The molecule has 0 heterocycles. The minimum atomic E-state index is -0.0490. The molecule has 3 heteroatoms. The van der Waals surface area contributed by atoms with Crippen LogP contribution >= 0.6 is 0 Å². The summed E-state index contributed by atoms with van der Waals surface area (Å²) in [6, 6.07) is 0. The van der Waals surface area contributed by atoms with Crippen molar-refractivity contribution in [3.63, 3.8) is 0 Å². The van der Waals surface area contributed by atoms with Crippen LogP contribution in [0, 0.1) is 6.92 Å². The first-order chi connectivity index (χ1) is 5.81. The Bertz CT molecular complexity index is 143. The Morgan fingerprint density at radius 1 is 1.67 bits per heavy atom. The number of hydrogen-bond donors (Lipinski definition) is 1. The van der Waals surface area contributed by atoms with Gasteiger partial charge in [-0.2, -0.15) is 0 Å². The number of hydrogen-bond acceptors (Lipinski definition) is 2. The Morgan fingerprint density at radius 2 is 2.42 bits per heavy atom. The molecular formula is C9H16NO2. The summed E-state index contributed by atoms with van der Waals surface area (Å²) in [4.78, 5) is 10.8. The van der Waals surface area contributed by atoms with Gasteiger partial charge in [-0.1, -0.05) is 6.08 Å². The van der Waals surface area contributed by atoms with Crippen LogP contribution in [-0.2, 0) is 9.53 Å². The van der Waals surface area contributed by atoms with E-state index in [2.05, 4.69) is 12.2 Å². The molecular weight excluding hydrogens is 154 g/mol. The molecule has 3 nitrogen and oxygen atoms in total. The average Bonchev–Trinajstić information content (AvgIpc) is 2.05. The van der Waals surface area contributed by atoms with E-state index in [0.29, 0.717) is 19.8 Å². The van der Waals surface area contributed by atoms with Gasteiger partial charge in [-0.3, -0.25) is 4.79 Å².